The summed E-state index contributed by atoms with van der Waals surface area (Å²) >= 11 is 0. The summed E-state index contributed by atoms with van der Waals surface area (Å²) in [5.74, 6) is 1.66. The van der Waals surface area contributed by atoms with E-state index in [0.717, 1.165) is 31.5 Å². The first-order valence-corrected chi connectivity index (χ1v) is 9.08. The lowest BCUT2D eigenvalue weighted by Crippen LogP contribution is -2.56. The van der Waals surface area contributed by atoms with Gasteiger partial charge in [0.15, 0.2) is 0 Å². The number of hydrogen-bond acceptors (Lipinski definition) is 3. The zero-order valence-electron chi connectivity index (χ0n) is 14.4. The van der Waals surface area contributed by atoms with E-state index in [2.05, 4.69) is 25.8 Å². The maximum Gasteiger partial charge on any atom is 0.0702 e. The minimum atomic E-state index is 0.221. The van der Waals surface area contributed by atoms with Gasteiger partial charge in [-0.15, -0.1) is 0 Å². The highest BCUT2D eigenvalue weighted by Crippen LogP contribution is 2.38. The molecular formula is C18H36N2O. The van der Waals surface area contributed by atoms with Crippen LogP contribution >= 0.6 is 0 Å². The Morgan fingerprint density at radius 1 is 1.24 bits per heavy atom. The van der Waals surface area contributed by atoms with Crippen LogP contribution in [0.1, 0.15) is 65.2 Å². The fraction of sp³-hybridized carbons (Fsp3) is 1.00. The molecule has 0 bridgehead atoms. The molecule has 124 valence electrons. The van der Waals surface area contributed by atoms with Crippen LogP contribution in [0.3, 0.4) is 0 Å². The molecule has 0 aromatic heterocycles. The zero-order chi connectivity index (χ0) is 15.3. The number of ether oxygens (including phenoxy) is 1. The van der Waals surface area contributed by atoms with Crippen molar-refractivity contribution in [3.05, 3.63) is 0 Å². The quantitative estimate of drug-likeness (QED) is 0.816. The second-order valence-corrected chi connectivity index (χ2v) is 7.89. The third kappa shape index (κ3) is 4.67. The van der Waals surface area contributed by atoms with E-state index in [1.54, 1.807) is 0 Å². The molecule has 3 atom stereocenters. The van der Waals surface area contributed by atoms with Crippen LogP contribution in [-0.4, -0.2) is 43.3 Å². The largest absolute Gasteiger partial charge is 0.377 e. The van der Waals surface area contributed by atoms with Crippen molar-refractivity contribution in [1.82, 2.24) is 4.90 Å². The molecule has 1 aliphatic carbocycles. The second kappa shape index (κ2) is 7.94. The molecule has 2 rings (SSSR count). The van der Waals surface area contributed by atoms with Crippen LogP contribution in [0.4, 0.5) is 0 Å². The van der Waals surface area contributed by atoms with Crippen LogP contribution in [0.5, 0.6) is 0 Å². The van der Waals surface area contributed by atoms with Crippen LogP contribution in [0.15, 0.2) is 0 Å². The van der Waals surface area contributed by atoms with Crippen LogP contribution in [0, 0.1) is 11.8 Å². The minimum Gasteiger partial charge on any atom is -0.377 e. The third-order valence-electron chi connectivity index (χ3n) is 5.67. The summed E-state index contributed by atoms with van der Waals surface area (Å²) in [6.07, 6.45) is 10.8. The van der Waals surface area contributed by atoms with E-state index < -0.39 is 0 Å². The number of nitrogens with zero attached hydrogens (tertiary/aromatic N) is 1. The molecule has 3 heteroatoms. The highest BCUT2D eigenvalue weighted by atomic mass is 16.5. The summed E-state index contributed by atoms with van der Waals surface area (Å²) in [5.41, 5.74) is 6.48. The first kappa shape index (κ1) is 17.2. The van der Waals surface area contributed by atoms with E-state index in [1.165, 1.54) is 51.4 Å². The van der Waals surface area contributed by atoms with Gasteiger partial charge in [-0.2, -0.15) is 0 Å². The molecule has 21 heavy (non-hydrogen) atoms. The van der Waals surface area contributed by atoms with Gasteiger partial charge in [0.2, 0.25) is 0 Å². The van der Waals surface area contributed by atoms with Crippen LogP contribution in [0.2, 0.25) is 0 Å². The molecule has 1 aliphatic heterocycles. The zero-order valence-corrected chi connectivity index (χ0v) is 14.4. The molecule has 3 nitrogen and oxygen atoms in total. The summed E-state index contributed by atoms with van der Waals surface area (Å²) in [5, 5.41) is 0. The number of hydrogen-bond donors (Lipinski definition) is 1. The van der Waals surface area contributed by atoms with E-state index in [1.807, 2.05) is 0 Å². The molecule has 2 fully saturated rings. The SMILES string of the molecule is CC(C)CC1CCCC(CN)(N(C)CC2CCCCO2)C1. The molecule has 0 amide bonds. The molecule has 2 aliphatic rings. The minimum absolute atomic E-state index is 0.221. The summed E-state index contributed by atoms with van der Waals surface area (Å²) in [7, 11) is 2.28. The normalized spacial score (nSPS) is 34.6. The van der Waals surface area contributed by atoms with Gasteiger partial charge in [0.1, 0.15) is 0 Å². The van der Waals surface area contributed by atoms with Crippen LogP contribution < -0.4 is 5.73 Å². The van der Waals surface area contributed by atoms with Crippen LogP contribution in [-0.2, 0) is 4.74 Å². The lowest BCUT2D eigenvalue weighted by atomic mass is 9.72. The Morgan fingerprint density at radius 2 is 2.05 bits per heavy atom. The highest BCUT2D eigenvalue weighted by molar-refractivity contribution is 4.96. The number of rotatable bonds is 6. The van der Waals surface area contributed by atoms with Crippen molar-refractivity contribution >= 4 is 0 Å². The van der Waals surface area contributed by atoms with Gasteiger partial charge in [0.25, 0.3) is 0 Å². The predicted molar refractivity (Wildman–Crippen MR) is 89.4 cm³/mol. The molecule has 0 aromatic carbocycles. The van der Waals surface area contributed by atoms with Crippen molar-refractivity contribution in [3.63, 3.8) is 0 Å². The summed E-state index contributed by atoms with van der Waals surface area (Å²) in [6, 6.07) is 0. The van der Waals surface area contributed by atoms with E-state index >= 15 is 0 Å². The maximum atomic E-state index is 6.25. The molecule has 0 aromatic rings. The van der Waals surface area contributed by atoms with Crippen molar-refractivity contribution in [2.24, 2.45) is 17.6 Å². The Kier molecular flexibility index (Phi) is 6.51. The van der Waals surface area contributed by atoms with Gasteiger partial charge in [-0.1, -0.05) is 26.7 Å². The fourth-order valence-corrected chi connectivity index (χ4v) is 4.47. The average Bonchev–Trinajstić information content (AvgIpc) is 2.47. The van der Waals surface area contributed by atoms with Crippen molar-refractivity contribution in [2.75, 3.05) is 26.7 Å². The maximum absolute atomic E-state index is 6.25. The molecule has 0 spiro atoms. The van der Waals surface area contributed by atoms with Crippen LogP contribution in [0.25, 0.3) is 0 Å². The van der Waals surface area contributed by atoms with Crippen molar-refractivity contribution in [2.45, 2.75) is 76.9 Å². The smallest absolute Gasteiger partial charge is 0.0702 e. The molecule has 1 saturated heterocycles. The lowest BCUT2D eigenvalue weighted by Gasteiger charge is -2.48. The Morgan fingerprint density at radius 3 is 2.67 bits per heavy atom. The van der Waals surface area contributed by atoms with E-state index in [0.29, 0.717) is 6.10 Å². The molecular weight excluding hydrogens is 260 g/mol. The molecule has 1 heterocycles. The van der Waals surface area contributed by atoms with Gasteiger partial charge in [-0.25, -0.2) is 0 Å². The highest BCUT2D eigenvalue weighted by Gasteiger charge is 2.39. The standard InChI is InChI=1S/C18H36N2O/c1-15(2)11-16-7-6-9-18(12-16,14-19)20(3)13-17-8-4-5-10-21-17/h15-17H,4-14,19H2,1-3H3. The van der Waals surface area contributed by atoms with E-state index in [9.17, 15) is 0 Å². The van der Waals surface area contributed by atoms with E-state index in [-0.39, 0.29) is 5.54 Å². The Labute approximate surface area is 131 Å². The molecule has 2 N–H and O–H groups in total. The summed E-state index contributed by atoms with van der Waals surface area (Å²) in [4.78, 5) is 2.55. The Hall–Kier alpha value is -0.120. The van der Waals surface area contributed by atoms with Gasteiger partial charge in [-0.3, -0.25) is 4.90 Å². The van der Waals surface area contributed by atoms with Crippen molar-refractivity contribution < 1.29 is 4.74 Å². The Balaban J connectivity index is 1.94. The van der Waals surface area contributed by atoms with Crippen molar-refractivity contribution in [3.8, 4) is 0 Å². The van der Waals surface area contributed by atoms with E-state index in [4.69, 9.17) is 10.5 Å². The Bertz CT molecular complexity index is 302. The monoisotopic (exact) mass is 296 g/mol. The number of likely N-dealkylation sites (N-methyl/N-ethyl adjacent to an activating group) is 1. The van der Waals surface area contributed by atoms with Gasteiger partial charge in [-0.05, 0) is 57.4 Å². The average molecular weight is 296 g/mol. The predicted octanol–water partition coefficient (Wildman–Crippen LogP) is 3.42. The topological polar surface area (TPSA) is 38.5 Å². The summed E-state index contributed by atoms with van der Waals surface area (Å²) < 4.78 is 5.94. The van der Waals surface area contributed by atoms with Crippen molar-refractivity contribution in [1.29, 1.82) is 0 Å². The summed E-state index contributed by atoms with van der Waals surface area (Å²) in [6.45, 7) is 7.50. The lowest BCUT2D eigenvalue weighted by molar-refractivity contribution is -0.0355. The number of nitrogens with two attached hydrogens (primary N) is 1. The first-order valence-electron chi connectivity index (χ1n) is 9.08. The van der Waals surface area contributed by atoms with Gasteiger partial charge in [0, 0.05) is 25.2 Å². The molecule has 3 unspecified atom stereocenters. The third-order valence-corrected chi connectivity index (χ3v) is 5.67. The van der Waals surface area contributed by atoms with Gasteiger partial charge in [0.05, 0.1) is 6.10 Å². The van der Waals surface area contributed by atoms with Gasteiger partial charge < -0.3 is 10.5 Å². The first-order chi connectivity index (χ1) is 10.1. The molecule has 0 radical (unpaired) electrons. The van der Waals surface area contributed by atoms with Gasteiger partial charge >= 0.3 is 0 Å². The second-order valence-electron chi connectivity index (χ2n) is 7.89. The fourth-order valence-electron chi connectivity index (χ4n) is 4.47. The molecule has 1 saturated carbocycles.